The van der Waals surface area contributed by atoms with Gasteiger partial charge in [-0.25, -0.2) is 0 Å². The molecule has 2 aromatic rings. The third-order valence-electron chi connectivity index (χ3n) is 3.65. The van der Waals surface area contributed by atoms with Crippen molar-refractivity contribution in [2.75, 3.05) is 0 Å². The third-order valence-corrected chi connectivity index (χ3v) is 13.0. The van der Waals surface area contributed by atoms with Gasteiger partial charge in [-0.3, -0.25) is 0 Å². The van der Waals surface area contributed by atoms with Crippen molar-refractivity contribution in [2.45, 2.75) is 22.7 Å². The van der Waals surface area contributed by atoms with E-state index in [9.17, 15) is 9.59 Å². The SMILES string of the molecule is C[CH2][Sn]([CH2]C)([O]C(=O)c1ccccc1)[O]C(=O)c1ccccc1. The van der Waals surface area contributed by atoms with Crippen molar-refractivity contribution < 1.29 is 15.7 Å². The first kappa shape index (κ1) is 17.5. The van der Waals surface area contributed by atoms with Crippen LogP contribution in [0.5, 0.6) is 0 Å². The van der Waals surface area contributed by atoms with Gasteiger partial charge in [0.1, 0.15) is 0 Å². The summed E-state index contributed by atoms with van der Waals surface area (Å²) in [5.41, 5.74) is 0.956. The normalized spacial score (nSPS) is 10.9. The zero-order valence-electron chi connectivity index (χ0n) is 13.3. The van der Waals surface area contributed by atoms with Crippen LogP contribution in [0.4, 0.5) is 0 Å². The first-order chi connectivity index (χ1) is 11.1. The zero-order valence-corrected chi connectivity index (χ0v) is 16.2. The van der Waals surface area contributed by atoms with Crippen LogP contribution in [-0.2, 0) is 6.15 Å². The monoisotopic (exact) mass is 420 g/mol. The van der Waals surface area contributed by atoms with Gasteiger partial charge in [-0.15, -0.1) is 0 Å². The van der Waals surface area contributed by atoms with E-state index in [1.807, 2.05) is 26.0 Å². The summed E-state index contributed by atoms with van der Waals surface area (Å²) in [4.78, 5) is 24.7. The van der Waals surface area contributed by atoms with Gasteiger partial charge in [0, 0.05) is 0 Å². The van der Waals surface area contributed by atoms with E-state index in [1.54, 1.807) is 48.5 Å². The Labute approximate surface area is 141 Å². The van der Waals surface area contributed by atoms with Gasteiger partial charge in [0.25, 0.3) is 0 Å². The van der Waals surface area contributed by atoms with E-state index in [1.165, 1.54) is 0 Å². The Morgan fingerprint density at radius 1 is 0.739 bits per heavy atom. The average molecular weight is 419 g/mol. The van der Waals surface area contributed by atoms with Crippen molar-refractivity contribution in [2.24, 2.45) is 0 Å². The van der Waals surface area contributed by atoms with Crippen LogP contribution < -0.4 is 0 Å². The quantitative estimate of drug-likeness (QED) is 0.660. The molecule has 4 nitrogen and oxygen atoms in total. The van der Waals surface area contributed by atoms with Crippen molar-refractivity contribution >= 4 is 31.1 Å². The van der Waals surface area contributed by atoms with E-state index < -0.39 is 31.1 Å². The Morgan fingerprint density at radius 2 is 1.09 bits per heavy atom. The molecule has 0 radical (unpaired) electrons. The molecule has 5 heteroatoms. The Kier molecular flexibility index (Phi) is 6.21. The molecular weight excluding hydrogens is 399 g/mol. The van der Waals surface area contributed by atoms with Crippen molar-refractivity contribution in [3.63, 3.8) is 0 Å². The Morgan fingerprint density at radius 3 is 1.39 bits per heavy atom. The predicted octanol–water partition coefficient (Wildman–Crippen LogP) is 4.18. The minimum absolute atomic E-state index is 0.411. The standard InChI is InChI=1S/2C7H6O2.2C2H5.Sn/c2*8-7(9)6-4-2-1-3-5-6;2*1-2;/h2*1-5H,(H,8,9);2*1H2,2H3;/q;;;;+2/p-2. The van der Waals surface area contributed by atoms with E-state index >= 15 is 0 Å². The third kappa shape index (κ3) is 4.57. The van der Waals surface area contributed by atoms with Crippen molar-refractivity contribution in [1.82, 2.24) is 0 Å². The maximum absolute atomic E-state index is 12.3. The Bertz CT molecular complexity index is 596. The molecule has 0 heterocycles. The molecule has 0 saturated heterocycles. The second-order valence-electron chi connectivity index (χ2n) is 5.13. The van der Waals surface area contributed by atoms with Crippen LogP contribution in [0.15, 0.2) is 60.7 Å². The van der Waals surface area contributed by atoms with Crippen molar-refractivity contribution in [3.05, 3.63) is 71.8 Å². The summed E-state index contributed by atoms with van der Waals surface area (Å²) in [5, 5.41) is 0. The fourth-order valence-corrected chi connectivity index (χ4v) is 7.96. The van der Waals surface area contributed by atoms with Gasteiger partial charge in [-0.05, 0) is 0 Å². The summed E-state index contributed by atoms with van der Waals surface area (Å²) in [6, 6.07) is 17.6. The fraction of sp³-hybridized carbons (Fsp3) is 0.222. The molecule has 0 bridgehead atoms. The molecule has 0 aliphatic carbocycles. The zero-order chi connectivity index (χ0) is 16.7. The summed E-state index contributed by atoms with van der Waals surface area (Å²) >= 11 is -3.79. The number of hydrogen-bond acceptors (Lipinski definition) is 4. The number of hydrogen-bond donors (Lipinski definition) is 0. The van der Waals surface area contributed by atoms with E-state index in [4.69, 9.17) is 6.15 Å². The Hall–Kier alpha value is -1.82. The molecule has 0 aliphatic rings. The Balaban J connectivity index is 2.15. The number of carbonyl (C=O) groups is 2. The van der Waals surface area contributed by atoms with Gasteiger partial charge in [0.05, 0.1) is 0 Å². The van der Waals surface area contributed by atoms with Crippen LogP contribution >= 0.6 is 0 Å². The predicted molar refractivity (Wildman–Crippen MR) is 90.4 cm³/mol. The van der Waals surface area contributed by atoms with Crippen molar-refractivity contribution in [3.8, 4) is 0 Å². The summed E-state index contributed by atoms with van der Waals surface area (Å²) in [5.74, 6) is -0.822. The van der Waals surface area contributed by atoms with E-state index in [0.29, 0.717) is 20.0 Å². The summed E-state index contributed by atoms with van der Waals surface area (Å²) < 4.78 is 12.7. The van der Waals surface area contributed by atoms with Gasteiger partial charge in [0.2, 0.25) is 0 Å². The molecule has 0 unspecified atom stereocenters. The first-order valence-electron chi connectivity index (χ1n) is 7.67. The van der Waals surface area contributed by atoms with Gasteiger partial charge < -0.3 is 0 Å². The summed E-state index contributed by atoms with van der Waals surface area (Å²) in [7, 11) is 0. The van der Waals surface area contributed by atoms with E-state index in [-0.39, 0.29) is 0 Å². The van der Waals surface area contributed by atoms with Crippen LogP contribution in [0.3, 0.4) is 0 Å². The van der Waals surface area contributed by atoms with Gasteiger partial charge >= 0.3 is 141 Å². The molecule has 0 N–H and O–H groups in total. The van der Waals surface area contributed by atoms with Gasteiger partial charge in [-0.1, -0.05) is 0 Å². The van der Waals surface area contributed by atoms with Crippen LogP contribution in [0.2, 0.25) is 8.87 Å². The molecule has 0 fully saturated rings. The molecular formula is C18H20O4Sn. The molecule has 23 heavy (non-hydrogen) atoms. The molecule has 0 aromatic heterocycles. The molecule has 0 spiro atoms. The molecule has 0 saturated carbocycles. The topological polar surface area (TPSA) is 52.6 Å². The van der Waals surface area contributed by atoms with Crippen LogP contribution in [0, 0.1) is 0 Å². The molecule has 2 aromatic carbocycles. The molecule has 0 aliphatic heterocycles. The first-order valence-corrected chi connectivity index (χ1v) is 14.0. The molecule has 120 valence electrons. The molecule has 2 rings (SSSR count). The summed E-state index contributed by atoms with van der Waals surface area (Å²) in [6.45, 7) is 3.83. The number of benzene rings is 2. The maximum atomic E-state index is 12.3. The van der Waals surface area contributed by atoms with Gasteiger partial charge in [-0.2, -0.15) is 0 Å². The van der Waals surface area contributed by atoms with Gasteiger partial charge in [0.15, 0.2) is 0 Å². The fourth-order valence-electron chi connectivity index (χ4n) is 2.16. The second kappa shape index (κ2) is 8.15. The van der Waals surface area contributed by atoms with E-state index in [2.05, 4.69) is 0 Å². The number of rotatable bonds is 6. The van der Waals surface area contributed by atoms with Crippen molar-refractivity contribution in [1.29, 1.82) is 0 Å². The average Bonchev–Trinajstić information content (AvgIpc) is 2.62. The van der Waals surface area contributed by atoms with Crippen LogP contribution in [-0.4, -0.2) is 31.1 Å². The van der Waals surface area contributed by atoms with Crippen LogP contribution in [0.1, 0.15) is 34.6 Å². The summed E-state index contributed by atoms with van der Waals surface area (Å²) in [6.07, 6.45) is 0. The molecule has 0 amide bonds. The minimum atomic E-state index is -3.79. The van der Waals surface area contributed by atoms with E-state index in [0.717, 1.165) is 0 Å². The van der Waals surface area contributed by atoms with Crippen LogP contribution in [0.25, 0.3) is 0 Å². The number of carbonyl (C=O) groups excluding carboxylic acids is 2. The molecule has 0 atom stereocenters. The second-order valence-corrected chi connectivity index (χ2v) is 15.5.